The Labute approximate surface area is 126 Å². The van der Waals surface area contributed by atoms with Crippen molar-refractivity contribution < 1.29 is 9.53 Å². The zero-order valence-electron chi connectivity index (χ0n) is 10.5. The first-order valence-corrected chi connectivity index (χ1v) is 7.30. The number of carbonyl (C=O) groups is 1. The van der Waals surface area contributed by atoms with Crippen LogP contribution in [0.2, 0.25) is 0 Å². The number of carbonyl (C=O) groups excluding carboxylic acids is 1. The van der Waals surface area contributed by atoms with Crippen LogP contribution in [0.1, 0.15) is 23.2 Å². The third kappa shape index (κ3) is 4.67. The zero-order chi connectivity index (χ0) is 13.5. The predicted molar refractivity (Wildman–Crippen MR) is 84.7 cm³/mol. The minimum Gasteiger partial charge on any atom is -0.494 e. The minimum atomic E-state index is 0.173. The van der Waals surface area contributed by atoms with Gasteiger partial charge in [0.25, 0.3) is 0 Å². The van der Waals surface area contributed by atoms with Crippen LogP contribution in [0.15, 0.2) is 54.6 Å². The molecule has 98 valence electrons. The minimum absolute atomic E-state index is 0.173. The molecule has 0 aromatic heterocycles. The second-order valence-electron chi connectivity index (χ2n) is 4.20. The number of hydrogen-bond donors (Lipinski definition) is 0. The van der Waals surface area contributed by atoms with E-state index in [0.717, 1.165) is 21.3 Å². The van der Waals surface area contributed by atoms with Gasteiger partial charge in [0.2, 0.25) is 0 Å². The van der Waals surface area contributed by atoms with Gasteiger partial charge in [0.15, 0.2) is 5.78 Å². The molecule has 0 saturated carbocycles. The van der Waals surface area contributed by atoms with Gasteiger partial charge in [-0.1, -0.05) is 36.4 Å². The summed E-state index contributed by atoms with van der Waals surface area (Å²) in [7, 11) is 0. The molecule has 0 spiro atoms. The lowest BCUT2D eigenvalue weighted by Gasteiger charge is -2.06. The summed E-state index contributed by atoms with van der Waals surface area (Å²) in [5.74, 6) is 1.03. The second kappa shape index (κ2) is 7.28. The molecule has 2 aromatic rings. The SMILES string of the molecule is O=C(CCCOc1cccc(I)c1)c1ccccc1. The molecule has 2 rings (SSSR count). The van der Waals surface area contributed by atoms with Crippen molar-refractivity contribution in [3.05, 3.63) is 63.7 Å². The van der Waals surface area contributed by atoms with Gasteiger partial charge in [0.1, 0.15) is 5.75 Å². The van der Waals surface area contributed by atoms with Gasteiger partial charge < -0.3 is 4.74 Å². The Bertz CT molecular complexity index is 537. The molecule has 0 saturated heterocycles. The topological polar surface area (TPSA) is 26.3 Å². The van der Waals surface area contributed by atoms with Crippen molar-refractivity contribution in [1.82, 2.24) is 0 Å². The van der Waals surface area contributed by atoms with Crippen LogP contribution in [0, 0.1) is 3.57 Å². The summed E-state index contributed by atoms with van der Waals surface area (Å²) in [4.78, 5) is 11.9. The summed E-state index contributed by atoms with van der Waals surface area (Å²) in [6.45, 7) is 0.568. The molecule has 19 heavy (non-hydrogen) atoms. The maximum absolute atomic E-state index is 11.9. The number of ketones is 1. The Morgan fingerprint density at radius 1 is 1.05 bits per heavy atom. The molecule has 0 unspecified atom stereocenters. The smallest absolute Gasteiger partial charge is 0.163 e. The highest BCUT2D eigenvalue weighted by Crippen LogP contribution is 2.15. The number of benzene rings is 2. The molecular weight excluding hydrogens is 351 g/mol. The van der Waals surface area contributed by atoms with Gasteiger partial charge in [-0.2, -0.15) is 0 Å². The fourth-order valence-corrected chi connectivity index (χ4v) is 2.26. The fraction of sp³-hybridized carbons (Fsp3) is 0.188. The lowest BCUT2D eigenvalue weighted by atomic mass is 10.1. The van der Waals surface area contributed by atoms with E-state index in [9.17, 15) is 4.79 Å². The fourth-order valence-electron chi connectivity index (χ4n) is 1.75. The highest BCUT2D eigenvalue weighted by atomic mass is 127. The Morgan fingerprint density at radius 3 is 2.58 bits per heavy atom. The van der Waals surface area contributed by atoms with Crippen molar-refractivity contribution in [2.24, 2.45) is 0 Å². The zero-order valence-corrected chi connectivity index (χ0v) is 12.7. The number of ether oxygens (including phenoxy) is 1. The third-order valence-corrected chi connectivity index (χ3v) is 3.38. The maximum atomic E-state index is 11.9. The second-order valence-corrected chi connectivity index (χ2v) is 5.44. The summed E-state index contributed by atoms with van der Waals surface area (Å²) < 4.78 is 6.76. The van der Waals surface area contributed by atoms with Crippen molar-refractivity contribution in [2.45, 2.75) is 12.8 Å². The molecule has 2 aromatic carbocycles. The normalized spacial score (nSPS) is 10.2. The summed E-state index contributed by atoms with van der Waals surface area (Å²) in [6, 6.07) is 17.3. The van der Waals surface area contributed by atoms with Crippen LogP contribution in [-0.4, -0.2) is 12.4 Å². The quantitative estimate of drug-likeness (QED) is 0.432. The Morgan fingerprint density at radius 2 is 1.84 bits per heavy atom. The molecule has 0 aliphatic rings. The van der Waals surface area contributed by atoms with Gasteiger partial charge in [0, 0.05) is 15.6 Å². The highest BCUT2D eigenvalue weighted by molar-refractivity contribution is 14.1. The van der Waals surface area contributed by atoms with E-state index in [1.807, 2.05) is 54.6 Å². The maximum Gasteiger partial charge on any atom is 0.163 e. The third-order valence-electron chi connectivity index (χ3n) is 2.71. The van der Waals surface area contributed by atoms with Gasteiger partial charge in [-0.25, -0.2) is 0 Å². The molecule has 0 aliphatic heterocycles. The van der Waals surface area contributed by atoms with Crippen molar-refractivity contribution in [1.29, 1.82) is 0 Å². The first-order chi connectivity index (χ1) is 9.25. The standard InChI is InChI=1S/C16H15IO2/c17-14-8-4-9-15(12-14)19-11-5-10-16(18)13-6-2-1-3-7-13/h1-4,6-9,12H,5,10-11H2. The van der Waals surface area contributed by atoms with Crippen molar-refractivity contribution in [3.8, 4) is 5.75 Å². The van der Waals surface area contributed by atoms with Gasteiger partial charge in [-0.15, -0.1) is 0 Å². The molecule has 0 amide bonds. The summed E-state index contributed by atoms with van der Waals surface area (Å²) in [5, 5.41) is 0. The van der Waals surface area contributed by atoms with E-state index in [1.165, 1.54) is 0 Å². The Hall–Kier alpha value is -1.36. The van der Waals surface area contributed by atoms with Crippen molar-refractivity contribution >= 4 is 28.4 Å². The van der Waals surface area contributed by atoms with Gasteiger partial charge >= 0.3 is 0 Å². The summed E-state index contributed by atoms with van der Waals surface area (Å²) in [6.07, 6.45) is 1.26. The predicted octanol–water partition coefficient (Wildman–Crippen LogP) is 4.33. The van der Waals surface area contributed by atoms with Gasteiger partial charge in [-0.3, -0.25) is 4.79 Å². The molecule has 0 bridgehead atoms. The molecule has 0 radical (unpaired) electrons. The van der Waals surface area contributed by atoms with Gasteiger partial charge in [-0.05, 0) is 47.2 Å². The molecular formula is C16H15IO2. The number of Topliss-reactive ketones (excluding diaryl/α,β-unsaturated/α-hetero) is 1. The van der Waals surface area contributed by atoms with Crippen LogP contribution < -0.4 is 4.74 Å². The van der Waals surface area contributed by atoms with Crippen LogP contribution in [0.3, 0.4) is 0 Å². The van der Waals surface area contributed by atoms with E-state index in [0.29, 0.717) is 13.0 Å². The van der Waals surface area contributed by atoms with E-state index < -0.39 is 0 Å². The largest absolute Gasteiger partial charge is 0.494 e. The molecule has 0 fully saturated rings. The van der Waals surface area contributed by atoms with E-state index in [2.05, 4.69) is 22.6 Å². The summed E-state index contributed by atoms with van der Waals surface area (Å²) in [5.41, 5.74) is 0.775. The first-order valence-electron chi connectivity index (χ1n) is 6.22. The van der Waals surface area contributed by atoms with Crippen molar-refractivity contribution in [3.63, 3.8) is 0 Å². The van der Waals surface area contributed by atoms with Crippen molar-refractivity contribution in [2.75, 3.05) is 6.61 Å². The number of hydrogen-bond acceptors (Lipinski definition) is 2. The summed E-state index contributed by atoms with van der Waals surface area (Å²) >= 11 is 2.25. The molecule has 0 heterocycles. The Balaban J connectivity index is 1.74. The van der Waals surface area contributed by atoms with Crippen LogP contribution in [0.25, 0.3) is 0 Å². The van der Waals surface area contributed by atoms with Gasteiger partial charge in [0.05, 0.1) is 6.61 Å². The van der Waals surface area contributed by atoms with Crippen LogP contribution in [0.5, 0.6) is 5.75 Å². The Kier molecular flexibility index (Phi) is 5.39. The first kappa shape index (κ1) is 14.1. The highest BCUT2D eigenvalue weighted by Gasteiger charge is 2.04. The van der Waals surface area contributed by atoms with E-state index in [4.69, 9.17) is 4.74 Å². The van der Waals surface area contributed by atoms with Crippen LogP contribution in [-0.2, 0) is 0 Å². The van der Waals surface area contributed by atoms with E-state index in [1.54, 1.807) is 0 Å². The molecule has 2 nitrogen and oxygen atoms in total. The van der Waals surface area contributed by atoms with Crippen LogP contribution in [0.4, 0.5) is 0 Å². The van der Waals surface area contributed by atoms with E-state index >= 15 is 0 Å². The molecule has 0 N–H and O–H groups in total. The average Bonchev–Trinajstić information content (AvgIpc) is 2.44. The molecule has 0 aliphatic carbocycles. The number of rotatable bonds is 6. The average molecular weight is 366 g/mol. The molecule has 3 heteroatoms. The monoisotopic (exact) mass is 366 g/mol. The molecule has 0 atom stereocenters. The lowest BCUT2D eigenvalue weighted by molar-refractivity contribution is 0.0973. The van der Waals surface area contributed by atoms with E-state index in [-0.39, 0.29) is 5.78 Å². The van der Waals surface area contributed by atoms with Crippen LogP contribution >= 0.6 is 22.6 Å². The number of halogens is 1. The lowest BCUT2D eigenvalue weighted by Crippen LogP contribution is -2.03.